The zero-order valence-electron chi connectivity index (χ0n) is 11.7. The minimum Gasteiger partial charge on any atom is -0.442 e. The first kappa shape index (κ1) is 12.5. The van der Waals surface area contributed by atoms with Gasteiger partial charge in [-0.05, 0) is 44.9 Å². The van der Waals surface area contributed by atoms with Crippen LogP contribution in [-0.2, 0) is 4.74 Å². The third-order valence-corrected chi connectivity index (χ3v) is 4.05. The number of benzene rings is 1. The molecule has 0 saturated carbocycles. The van der Waals surface area contributed by atoms with Crippen molar-refractivity contribution in [1.82, 2.24) is 5.32 Å². The molecule has 0 spiro atoms. The number of ether oxygens (including phenoxy) is 1. The largest absolute Gasteiger partial charge is 0.442 e. The van der Waals surface area contributed by atoms with Crippen molar-refractivity contribution in [2.45, 2.75) is 39.3 Å². The van der Waals surface area contributed by atoms with Crippen LogP contribution in [0.25, 0.3) is 0 Å². The predicted molar refractivity (Wildman–Crippen MR) is 74.7 cm³/mol. The molecule has 2 fully saturated rings. The molecule has 19 heavy (non-hydrogen) atoms. The van der Waals surface area contributed by atoms with Gasteiger partial charge in [-0.2, -0.15) is 0 Å². The van der Waals surface area contributed by atoms with Gasteiger partial charge in [-0.3, -0.25) is 4.90 Å². The van der Waals surface area contributed by atoms with Crippen LogP contribution in [0, 0.1) is 20.8 Å². The number of nitrogens with one attached hydrogen (secondary N) is 1. The van der Waals surface area contributed by atoms with Crippen LogP contribution in [0.3, 0.4) is 0 Å². The lowest BCUT2D eigenvalue weighted by atomic mass is 9.99. The molecule has 1 aromatic carbocycles. The van der Waals surface area contributed by atoms with Crippen LogP contribution in [0.5, 0.6) is 0 Å². The molecule has 3 rings (SSSR count). The molecule has 0 aliphatic carbocycles. The number of hydrogen-bond donors (Lipinski definition) is 1. The Hall–Kier alpha value is -1.55. The molecule has 2 aliphatic rings. The zero-order chi connectivity index (χ0) is 13.6. The third kappa shape index (κ3) is 2.00. The van der Waals surface area contributed by atoms with Crippen molar-refractivity contribution in [1.29, 1.82) is 0 Å². The summed E-state index contributed by atoms with van der Waals surface area (Å²) in [5, 5.41) is 3.28. The number of fused-ring (bicyclic) bond motifs is 1. The molecule has 4 nitrogen and oxygen atoms in total. The van der Waals surface area contributed by atoms with E-state index in [4.69, 9.17) is 4.74 Å². The number of carbonyl (C=O) groups excluding carboxylic acids is 1. The van der Waals surface area contributed by atoms with Gasteiger partial charge < -0.3 is 10.1 Å². The fraction of sp³-hybridized carbons (Fsp3) is 0.533. The van der Waals surface area contributed by atoms with E-state index in [9.17, 15) is 4.79 Å². The second-order valence-electron chi connectivity index (χ2n) is 5.60. The topological polar surface area (TPSA) is 41.6 Å². The smallest absolute Gasteiger partial charge is 0.415 e. The van der Waals surface area contributed by atoms with Gasteiger partial charge in [0.15, 0.2) is 0 Å². The van der Waals surface area contributed by atoms with Crippen LogP contribution < -0.4 is 10.2 Å². The number of nitrogens with zero attached hydrogens (tertiary/aromatic N) is 1. The highest BCUT2D eigenvalue weighted by Gasteiger charge is 2.44. The Morgan fingerprint density at radius 2 is 1.95 bits per heavy atom. The van der Waals surface area contributed by atoms with E-state index in [1.165, 1.54) is 5.56 Å². The van der Waals surface area contributed by atoms with Crippen molar-refractivity contribution in [2.75, 3.05) is 18.0 Å². The van der Waals surface area contributed by atoms with E-state index in [0.717, 1.165) is 36.3 Å². The number of anilines is 1. The van der Waals surface area contributed by atoms with Crippen molar-refractivity contribution in [2.24, 2.45) is 0 Å². The van der Waals surface area contributed by atoms with E-state index >= 15 is 0 Å². The minimum absolute atomic E-state index is 0.0126. The first-order valence-corrected chi connectivity index (χ1v) is 6.86. The molecule has 1 N–H and O–H groups in total. The van der Waals surface area contributed by atoms with Crippen LogP contribution in [-0.4, -0.2) is 31.3 Å². The van der Waals surface area contributed by atoms with Crippen molar-refractivity contribution < 1.29 is 9.53 Å². The van der Waals surface area contributed by atoms with Gasteiger partial charge in [0, 0.05) is 6.54 Å². The first-order chi connectivity index (χ1) is 9.08. The van der Waals surface area contributed by atoms with Crippen molar-refractivity contribution in [3.63, 3.8) is 0 Å². The molecule has 2 unspecified atom stereocenters. The van der Waals surface area contributed by atoms with Crippen LogP contribution >= 0.6 is 0 Å². The number of piperidine rings is 1. The summed E-state index contributed by atoms with van der Waals surface area (Å²) in [5.74, 6) is 0. The highest BCUT2D eigenvalue weighted by Crippen LogP contribution is 2.35. The Morgan fingerprint density at radius 3 is 2.63 bits per heavy atom. The molecule has 2 aliphatic heterocycles. The Labute approximate surface area is 113 Å². The van der Waals surface area contributed by atoms with Gasteiger partial charge in [-0.25, -0.2) is 4.79 Å². The number of carbonyl (C=O) groups is 1. The molecule has 1 amide bonds. The van der Waals surface area contributed by atoms with Crippen LogP contribution in [0.1, 0.15) is 23.1 Å². The summed E-state index contributed by atoms with van der Waals surface area (Å²) >= 11 is 0. The monoisotopic (exact) mass is 260 g/mol. The van der Waals surface area contributed by atoms with Crippen LogP contribution in [0.4, 0.5) is 10.5 Å². The molecule has 102 valence electrons. The normalized spacial score (nSPS) is 26.3. The summed E-state index contributed by atoms with van der Waals surface area (Å²) < 4.78 is 5.50. The highest BCUT2D eigenvalue weighted by molar-refractivity contribution is 5.92. The summed E-state index contributed by atoms with van der Waals surface area (Å²) in [5.41, 5.74) is 4.56. The lowest BCUT2D eigenvalue weighted by molar-refractivity contribution is 0.121. The Bertz CT molecular complexity index is 504. The maximum absolute atomic E-state index is 12.2. The van der Waals surface area contributed by atoms with E-state index in [1.807, 2.05) is 4.90 Å². The van der Waals surface area contributed by atoms with Crippen molar-refractivity contribution >= 4 is 11.8 Å². The molecule has 2 heterocycles. The SMILES string of the molecule is Cc1cc(C)c(N2C(=O)OC3CNCCC32)c(C)c1. The van der Waals surface area contributed by atoms with Gasteiger partial charge in [-0.15, -0.1) is 0 Å². The van der Waals surface area contributed by atoms with Gasteiger partial charge >= 0.3 is 6.09 Å². The van der Waals surface area contributed by atoms with Gasteiger partial charge in [0.2, 0.25) is 0 Å². The molecule has 1 aromatic rings. The molecule has 0 bridgehead atoms. The molecular formula is C15H20N2O2. The quantitative estimate of drug-likeness (QED) is 0.842. The number of rotatable bonds is 1. The van der Waals surface area contributed by atoms with Crippen LogP contribution in [0.15, 0.2) is 12.1 Å². The van der Waals surface area contributed by atoms with E-state index in [-0.39, 0.29) is 18.2 Å². The molecule has 0 aromatic heterocycles. The zero-order valence-corrected chi connectivity index (χ0v) is 11.7. The summed E-state index contributed by atoms with van der Waals surface area (Å²) in [6.07, 6.45) is 0.735. The summed E-state index contributed by atoms with van der Waals surface area (Å²) in [6.45, 7) is 7.92. The predicted octanol–water partition coefficient (Wildman–Crippen LogP) is 2.30. The van der Waals surface area contributed by atoms with Gasteiger partial charge in [-0.1, -0.05) is 17.7 Å². The molecule has 2 saturated heterocycles. The molecule has 4 heteroatoms. The molecule has 2 atom stereocenters. The maximum atomic E-state index is 12.2. The summed E-state index contributed by atoms with van der Waals surface area (Å²) in [7, 11) is 0. The number of hydrogen-bond acceptors (Lipinski definition) is 3. The standard InChI is InChI=1S/C15H20N2O2/c1-9-6-10(2)14(11(3)7-9)17-12-4-5-16-8-13(12)19-15(17)18/h6-7,12-13,16H,4-5,8H2,1-3H3. The lowest BCUT2D eigenvalue weighted by Crippen LogP contribution is -2.47. The van der Waals surface area contributed by atoms with E-state index in [0.29, 0.717) is 0 Å². The fourth-order valence-corrected chi connectivity index (χ4v) is 3.36. The van der Waals surface area contributed by atoms with Gasteiger partial charge in [0.1, 0.15) is 6.10 Å². The third-order valence-electron chi connectivity index (χ3n) is 4.05. The maximum Gasteiger partial charge on any atom is 0.415 e. The van der Waals surface area contributed by atoms with E-state index < -0.39 is 0 Å². The lowest BCUT2D eigenvalue weighted by Gasteiger charge is -2.30. The second kappa shape index (κ2) is 4.53. The van der Waals surface area contributed by atoms with Crippen molar-refractivity contribution in [3.8, 4) is 0 Å². The van der Waals surface area contributed by atoms with Gasteiger partial charge in [0.05, 0.1) is 11.7 Å². The Kier molecular flexibility index (Phi) is 2.97. The minimum atomic E-state index is -0.200. The fourth-order valence-electron chi connectivity index (χ4n) is 3.36. The van der Waals surface area contributed by atoms with Gasteiger partial charge in [0.25, 0.3) is 0 Å². The van der Waals surface area contributed by atoms with E-state index in [2.05, 4.69) is 38.2 Å². The molecular weight excluding hydrogens is 240 g/mol. The highest BCUT2D eigenvalue weighted by atomic mass is 16.6. The Balaban J connectivity index is 2.03. The number of aryl methyl sites for hydroxylation is 3. The van der Waals surface area contributed by atoms with Crippen LogP contribution in [0.2, 0.25) is 0 Å². The molecule has 0 radical (unpaired) electrons. The average molecular weight is 260 g/mol. The second-order valence-corrected chi connectivity index (χ2v) is 5.60. The average Bonchev–Trinajstić information content (AvgIpc) is 2.65. The summed E-state index contributed by atoms with van der Waals surface area (Å²) in [4.78, 5) is 14.1. The van der Waals surface area contributed by atoms with Crippen molar-refractivity contribution in [3.05, 3.63) is 28.8 Å². The summed E-state index contributed by atoms with van der Waals surface area (Å²) in [6, 6.07) is 4.43. The number of amides is 1. The Morgan fingerprint density at radius 1 is 1.26 bits per heavy atom. The first-order valence-electron chi connectivity index (χ1n) is 6.86. The van der Waals surface area contributed by atoms with E-state index in [1.54, 1.807) is 0 Å².